The standard InChI is InChI=1S/C17H22N4/c1-12-19-20-17(21(12)16-4-2-3-5-16)14-7-6-13-8-9-18-11-15(13)10-14/h6-7,10,16,18H,2-5,8-9,11H2,1H3. The third kappa shape index (κ3) is 2.27. The van der Waals surface area contributed by atoms with Crippen LogP contribution in [0.4, 0.5) is 0 Å². The van der Waals surface area contributed by atoms with Crippen LogP contribution in [-0.2, 0) is 13.0 Å². The van der Waals surface area contributed by atoms with Crippen molar-refractivity contribution < 1.29 is 0 Å². The Balaban J connectivity index is 1.76. The van der Waals surface area contributed by atoms with Gasteiger partial charge in [0.2, 0.25) is 0 Å². The molecular weight excluding hydrogens is 260 g/mol. The number of aryl methyl sites for hydroxylation is 1. The lowest BCUT2D eigenvalue weighted by molar-refractivity contribution is 0.510. The van der Waals surface area contributed by atoms with Gasteiger partial charge >= 0.3 is 0 Å². The number of aromatic nitrogens is 3. The molecule has 2 aliphatic rings. The summed E-state index contributed by atoms with van der Waals surface area (Å²) in [4.78, 5) is 0. The van der Waals surface area contributed by atoms with Crippen LogP contribution in [0.15, 0.2) is 18.2 Å². The molecule has 0 unspecified atom stereocenters. The van der Waals surface area contributed by atoms with Crippen LogP contribution in [-0.4, -0.2) is 21.3 Å². The molecule has 1 aliphatic heterocycles. The first-order valence-electron chi connectivity index (χ1n) is 8.07. The Bertz CT molecular complexity index is 653. The molecule has 0 saturated heterocycles. The zero-order chi connectivity index (χ0) is 14.2. The Hall–Kier alpha value is -1.68. The van der Waals surface area contributed by atoms with Gasteiger partial charge in [0, 0.05) is 18.2 Å². The van der Waals surface area contributed by atoms with E-state index < -0.39 is 0 Å². The summed E-state index contributed by atoms with van der Waals surface area (Å²) in [6.45, 7) is 4.14. The summed E-state index contributed by atoms with van der Waals surface area (Å²) in [6, 6.07) is 7.38. The van der Waals surface area contributed by atoms with Crippen LogP contribution in [0, 0.1) is 6.92 Å². The van der Waals surface area contributed by atoms with E-state index in [2.05, 4.69) is 45.2 Å². The second kappa shape index (κ2) is 5.26. The predicted molar refractivity (Wildman–Crippen MR) is 83.1 cm³/mol. The first-order valence-corrected chi connectivity index (χ1v) is 8.07. The number of hydrogen-bond acceptors (Lipinski definition) is 3. The summed E-state index contributed by atoms with van der Waals surface area (Å²) in [7, 11) is 0. The van der Waals surface area contributed by atoms with E-state index in [1.807, 2.05) is 0 Å². The number of hydrogen-bond donors (Lipinski definition) is 1. The van der Waals surface area contributed by atoms with Gasteiger partial charge in [-0.25, -0.2) is 0 Å². The van der Waals surface area contributed by atoms with Crippen molar-refractivity contribution in [2.75, 3.05) is 6.54 Å². The second-order valence-corrected chi connectivity index (χ2v) is 6.29. The number of fused-ring (bicyclic) bond motifs is 1. The monoisotopic (exact) mass is 282 g/mol. The lowest BCUT2D eigenvalue weighted by Crippen LogP contribution is -2.23. The van der Waals surface area contributed by atoms with Crippen LogP contribution in [0.1, 0.15) is 48.7 Å². The molecular formula is C17H22N4. The first kappa shape index (κ1) is 13.0. The van der Waals surface area contributed by atoms with Gasteiger partial charge in [-0.15, -0.1) is 10.2 Å². The zero-order valence-electron chi connectivity index (χ0n) is 12.6. The van der Waals surface area contributed by atoms with Gasteiger partial charge in [-0.3, -0.25) is 0 Å². The van der Waals surface area contributed by atoms with Crippen LogP contribution in [0.25, 0.3) is 11.4 Å². The van der Waals surface area contributed by atoms with Gasteiger partial charge in [-0.2, -0.15) is 0 Å². The van der Waals surface area contributed by atoms with Crippen molar-refractivity contribution in [1.82, 2.24) is 20.1 Å². The molecule has 110 valence electrons. The second-order valence-electron chi connectivity index (χ2n) is 6.29. The van der Waals surface area contributed by atoms with Crippen LogP contribution in [0.5, 0.6) is 0 Å². The number of nitrogens with zero attached hydrogens (tertiary/aromatic N) is 3. The van der Waals surface area contributed by atoms with E-state index in [0.717, 1.165) is 31.2 Å². The summed E-state index contributed by atoms with van der Waals surface area (Å²) in [5.74, 6) is 2.10. The van der Waals surface area contributed by atoms with Crippen molar-refractivity contribution in [2.24, 2.45) is 0 Å². The van der Waals surface area contributed by atoms with Gasteiger partial charge in [0.05, 0.1) is 0 Å². The topological polar surface area (TPSA) is 42.7 Å². The largest absolute Gasteiger partial charge is 0.312 e. The highest BCUT2D eigenvalue weighted by Gasteiger charge is 2.23. The Labute approximate surface area is 125 Å². The maximum Gasteiger partial charge on any atom is 0.164 e. The minimum atomic E-state index is 0.587. The Morgan fingerprint density at radius 2 is 2.00 bits per heavy atom. The molecule has 0 spiro atoms. The molecule has 1 N–H and O–H groups in total. The lowest BCUT2D eigenvalue weighted by Gasteiger charge is -2.19. The molecule has 2 aromatic rings. The highest BCUT2D eigenvalue weighted by Crippen LogP contribution is 2.34. The summed E-state index contributed by atoms with van der Waals surface area (Å²) >= 11 is 0. The van der Waals surface area contributed by atoms with Crippen molar-refractivity contribution in [3.8, 4) is 11.4 Å². The molecule has 4 rings (SSSR count). The van der Waals surface area contributed by atoms with Crippen molar-refractivity contribution in [2.45, 2.75) is 51.6 Å². The summed E-state index contributed by atoms with van der Waals surface area (Å²) in [5.41, 5.74) is 4.10. The molecule has 1 saturated carbocycles. The van der Waals surface area contributed by atoms with E-state index in [0.29, 0.717) is 6.04 Å². The van der Waals surface area contributed by atoms with Gasteiger partial charge in [-0.1, -0.05) is 25.0 Å². The van der Waals surface area contributed by atoms with E-state index >= 15 is 0 Å². The Morgan fingerprint density at radius 1 is 1.14 bits per heavy atom. The van der Waals surface area contributed by atoms with Gasteiger partial charge in [0.1, 0.15) is 5.82 Å². The van der Waals surface area contributed by atoms with E-state index in [1.165, 1.54) is 42.4 Å². The van der Waals surface area contributed by atoms with Crippen LogP contribution in [0.2, 0.25) is 0 Å². The molecule has 0 radical (unpaired) electrons. The predicted octanol–water partition coefficient (Wildman–Crippen LogP) is 3.01. The molecule has 1 aliphatic carbocycles. The van der Waals surface area contributed by atoms with Crippen molar-refractivity contribution in [3.63, 3.8) is 0 Å². The molecule has 1 aromatic carbocycles. The molecule has 0 bridgehead atoms. The molecule has 0 atom stereocenters. The fraction of sp³-hybridized carbons (Fsp3) is 0.529. The lowest BCUT2D eigenvalue weighted by atomic mass is 9.98. The maximum atomic E-state index is 4.47. The third-order valence-electron chi connectivity index (χ3n) is 4.91. The summed E-state index contributed by atoms with van der Waals surface area (Å²) in [6.07, 6.45) is 6.31. The summed E-state index contributed by atoms with van der Waals surface area (Å²) in [5, 5.41) is 12.3. The highest BCUT2D eigenvalue weighted by molar-refractivity contribution is 5.58. The Morgan fingerprint density at radius 3 is 2.86 bits per heavy atom. The van der Waals surface area contributed by atoms with Gasteiger partial charge in [0.25, 0.3) is 0 Å². The normalized spacial score (nSPS) is 18.9. The van der Waals surface area contributed by atoms with Gasteiger partial charge < -0.3 is 9.88 Å². The van der Waals surface area contributed by atoms with E-state index in [-0.39, 0.29) is 0 Å². The molecule has 4 heteroatoms. The quantitative estimate of drug-likeness (QED) is 0.920. The third-order valence-corrected chi connectivity index (χ3v) is 4.91. The number of nitrogens with one attached hydrogen (secondary N) is 1. The first-order chi connectivity index (χ1) is 10.3. The maximum absolute atomic E-state index is 4.47. The number of rotatable bonds is 2. The molecule has 0 amide bonds. The van der Waals surface area contributed by atoms with E-state index in [4.69, 9.17) is 0 Å². The molecule has 21 heavy (non-hydrogen) atoms. The van der Waals surface area contributed by atoms with Crippen molar-refractivity contribution in [3.05, 3.63) is 35.2 Å². The van der Waals surface area contributed by atoms with E-state index in [9.17, 15) is 0 Å². The molecule has 1 aromatic heterocycles. The molecule has 1 fully saturated rings. The fourth-order valence-electron chi connectivity index (χ4n) is 3.79. The average molecular weight is 282 g/mol. The van der Waals surface area contributed by atoms with Crippen molar-refractivity contribution in [1.29, 1.82) is 0 Å². The molecule has 2 heterocycles. The van der Waals surface area contributed by atoms with Crippen molar-refractivity contribution >= 4 is 0 Å². The average Bonchev–Trinajstić information content (AvgIpc) is 3.15. The highest BCUT2D eigenvalue weighted by atomic mass is 15.3. The van der Waals surface area contributed by atoms with Crippen LogP contribution in [0.3, 0.4) is 0 Å². The van der Waals surface area contributed by atoms with Crippen LogP contribution >= 0.6 is 0 Å². The SMILES string of the molecule is Cc1nnc(-c2ccc3c(c2)CNCC3)n1C1CCCC1. The fourth-order valence-corrected chi connectivity index (χ4v) is 3.79. The molecule has 4 nitrogen and oxygen atoms in total. The smallest absolute Gasteiger partial charge is 0.164 e. The van der Waals surface area contributed by atoms with Gasteiger partial charge in [-0.05, 0) is 49.9 Å². The van der Waals surface area contributed by atoms with Crippen LogP contribution < -0.4 is 5.32 Å². The zero-order valence-corrected chi connectivity index (χ0v) is 12.6. The summed E-state index contributed by atoms with van der Waals surface area (Å²) < 4.78 is 2.37. The number of benzene rings is 1. The van der Waals surface area contributed by atoms with E-state index in [1.54, 1.807) is 0 Å². The minimum absolute atomic E-state index is 0.587. The van der Waals surface area contributed by atoms with Gasteiger partial charge in [0.15, 0.2) is 5.82 Å². The minimum Gasteiger partial charge on any atom is -0.312 e. The Kier molecular flexibility index (Phi) is 3.26.